The zero-order valence-electron chi connectivity index (χ0n) is 6.26. The molecule has 1 N–H and O–H groups in total. The lowest BCUT2D eigenvalue weighted by molar-refractivity contribution is 0.565. The van der Waals surface area contributed by atoms with E-state index in [0.717, 1.165) is 13.0 Å². The first kappa shape index (κ1) is 8.00. The monoisotopic (exact) mass is 150 g/mol. The summed E-state index contributed by atoms with van der Waals surface area (Å²) in [6, 6.07) is 2.88. The number of nitrogens with zero attached hydrogens (tertiary/aromatic N) is 1. The molecule has 1 rings (SSSR count). The van der Waals surface area contributed by atoms with Crippen LogP contribution in [0.2, 0.25) is 0 Å². The highest BCUT2D eigenvalue weighted by atomic mass is 16.1. The number of nitrogens with one attached hydrogen (secondary N) is 1. The van der Waals surface area contributed by atoms with E-state index in [2.05, 4.69) is 22.3 Å². The quantitative estimate of drug-likeness (QED) is 0.334. The van der Waals surface area contributed by atoms with Crippen LogP contribution in [0.25, 0.3) is 0 Å². The Balaban J connectivity index is 2.21. The summed E-state index contributed by atoms with van der Waals surface area (Å²) in [5, 5.41) is 3.29. The average Bonchev–Trinajstić information content (AvgIpc) is 2.50. The summed E-state index contributed by atoms with van der Waals surface area (Å²) in [6.07, 6.45) is 4.56. The highest BCUT2D eigenvalue weighted by molar-refractivity contribution is 5.36. The van der Waals surface area contributed by atoms with Crippen molar-refractivity contribution < 1.29 is 4.79 Å². The van der Waals surface area contributed by atoms with Gasteiger partial charge in [-0.3, -0.25) is 0 Å². The Bertz CT molecular complexity index is 214. The minimum atomic E-state index is 0.504. The van der Waals surface area contributed by atoms with Gasteiger partial charge in [-0.25, -0.2) is 4.79 Å². The third-order valence-corrected chi connectivity index (χ3v) is 1.69. The molecule has 3 heteroatoms. The molecule has 0 aromatic rings. The lowest BCUT2D eigenvalue weighted by Crippen LogP contribution is -2.20. The molecule has 11 heavy (non-hydrogen) atoms. The van der Waals surface area contributed by atoms with Crippen molar-refractivity contribution in [3.8, 4) is 12.0 Å². The van der Waals surface area contributed by atoms with E-state index in [9.17, 15) is 4.79 Å². The van der Waals surface area contributed by atoms with Crippen LogP contribution in [-0.2, 0) is 4.79 Å². The maximum atomic E-state index is 9.59. The molecule has 0 amide bonds. The van der Waals surface area contributed by atoms with Crippen LogP contribution in [0.1, 0.15) is 19.3 Å². The highest BCUT2D eigenvalue weighted by Crippen LogP contribution is 2.06. The predicted molar refractivity (Wildman–Crippen MR) is 41.5 cm³/mol. The van der Waals surface area contributed by atoms with Crippen LogP contribution in [-0.4, -0.2) is 18.7 Å². The first-order valence-electron chi connectivity index (χ1n) is 3.71. The van der Waals surface area contributed by atoms with Crippen molar-refractivity contribution in [3.63, 3.8) is 0 Å². The predicted octanol–water partition coefficient (Wildman–Crippen LogP) is 0.425. The summed E-state index contributed by atoms with van der Waals surface area (Å²) >= 11 is 0. The second-order valence-electron chi connectivity index (χ2n) is 2.49. The summed E-state index contributed by atoms with van der Waals surface area (Å²) < 4.78 is 0. The maximum Gasteiger partial charge on any atom is 0.249 e. The molecule has 0 aromatic heterocycles. The summed E-state index contributed by atoms with van der Waals surface area (Å²) in [5.41, 5.74) is 0. The van der Waals surface area contributed by atoms with Gasteiger partial charge >= 0.3 is 0 Å². The Morgan fingerprint density at radius 1 is 1.64 bits per heavy atom. The molecule has 0 aromatic carbocycles. The van der Waals surface area contributed by atoms with Crippen molar-refractivity contribution in [1.29, 1.82) is 0 Å². The van der Waals surface area contributed by atoms with E-state index in [1.54, 1.807) is 0 Å². The minimum Gasteiger partial charge on any atom is -0.313 e. The van der Waals surface area contributed by atoms with Gasteiger partial charge in [-0.05, 0) is 19.4 Å². The Kier molecular flexibility index (Phi) is 3.40. The third kappa shape index (κ3) is 2.99. The molecular weight excluding hydrogens is 140 g/mol. The Hall–Kier alpha value is -1.10. The number of hydrogen-bond acceptors (Lipinski definition) is 3. The average molecular weight is 150 g/mol. The summed E-state index contributed by atoms with van der Waals surface area (Å²) in [7, 11) is 0. The van der Waals surface area contributed by atoms with Gasteiger partial charge in [0.1, 0.15) is 0 Å². The molecule has 0 radical (unpaired) electrons. The van der Waals surface area contributed by atoms with Crippen molar-refractivity contribution in [1.82, 2.24) is 5.32 Å². The van der Waals surface area contributed by atoms with Crippen LogP contribution in [0.3, 0.4) is 0 Å². The molecule has 3 nitrogen and oxygen atoms in total. The zero-order valence-corrected chi connectivity index (χ0v) is 6.26. The van der Waals surface area contributed by atoms with E-state index >= 15 is 0 Å². The number of isocyanates is 1. The first-order chi connectivity index (χ1) is 5.43. The fourth-order valence-corrected chi connectivity index (χ4v) is 1.16. The van der Waals surface area contributed by atoms with Crippen molar-refractivity contribution in [2.75, 3.05) is 6.54 Å². The Morgan fingerprint density at radius 2 is 2.55 bits per heavy atom. The summed E-state index contributed by atoms with van der Waals surface area (Å²) in [5.74, 6) is 2.79. The van der Waals surface area contributed by atoms with Crippen molar-refractivity contribution in [3.05, 3.63) is 0 Å². The minimum absolute atomic E-state index is 0.504. The van der Waals surface area contributed by atoms with Crippen LogP contribution >= 0.6 is 0 Å². The molecule has 1 fully saturated rings. The van der Waals surface area contributed by atoms with Gasteiger partial charge in [0.2, 0.25) is 6.08 Å². The lowest BCUT2D eigenvalue weighted by Gasteiger charge is -2.01. The number of hydrogen-bond donors (Lipinski definition) is 1. The van der Waals surface area contributed by atoms with E-state index in [1.165, 1.54) is 18.9 Å². The fourth-order valence-electron chi connectivity index (χ4n) is 1.16. The van der Waals surface area contributed by atoms with E-state index in [1.807, 2.05) is 0 Å². The standard InChI is InChI=1S/C8H10N2O/c11-7-9-5-1-3-8-4-2-6-10-8/h8,10H,2-4,6H2. The van der Waals surface area contributed by atoms with Gasteiger partial charge < -0.3 is 5.32 Å². The summed E-state index contributed by atoms with van der Waals surface area (Å²) in [4.78, 5) is 12.7. The van der Waals surface area contributed by atoms with Gasteiger partial charge in [0.05, 0.1) is 0 Å². The molecule has 0 aliphatic carbocycles. The molecule has 1 heterocycles. The van der Waals surface area contributed by atoms with Gasteiger partial charge in [-0.1, -0.05) is 5.92 Å². The van der Waals surface area contributed by atoms with Crippen LogP contribution < -0.4 is 5.32 Å². The topological polar surface area (TPSA) is 41.5 Å². The Labute approximate surface area is 65.9 Å². The van der Waals surface area contributed by atoms with Crippen LogP contribution in [0.15, 0.2) is 4.99 Å². The molecule has 1 saturated heterocycles. The normalized spacial score (nSPS) is 21.6. The van der Waals surface area contributed by atoms with Crippen LogP contribution in [0.5, 0.6) is 0 Å². The molecule has 1 unspecified atom stereocenters. The molecule has 1 atom stereocenters. The fraction of sp³-hybridized carbons (Fsp3) is 0.625. The van der Waals surface area contributed by atoms with Gasteiger partial charge in [0.25, 0.3) is 0 Å². The van der Waals surface area contributed by atoms with E-state index in [0.29, 0.717) is 6.04 Å². The second-order valence-corrected chi connectivity index (χ2v) is 2.49. The molecule has 58 valence electrons. The zero-order chi connectivity index (χ0) is 7.94. The first-order valence-corrected chi connectivity index (χ1v) is 3.71. The molecule has 0 saturated carbocycles. The second kappa shape index (κ2) is 4.68. The SMILES string of the molecule is O=C=NC#CCC1CCCN1. The Morgan fingerprint density at radius 3 is 3.18 bits per heavy atom. The molecule has 0 spiro atoms. The van der Waals surface area contributed by atoms with Gasteiger partial charge in [-0.2, -0.15) is 0 Å². The van der Waals surface area contributed by atoms with Gasteiger partial charge in [0, 0.05) is 18.5 Å². The molecule has 1 aliphatic heterocycles. The number of carbonyl (C=O) groups excluding carboxylic acids is 1. The van der Waals surface area contributed by atoms with Crippen molar-refractivity contribution >= 4 is 6.08 Å². The van der Waals surface area contributed by atoms with E-state index < -0.39 is 0 Å². The maximum absolute atomic E-state index is 9.59. The lowest BCUT2D eigenvalue weighted by atomic mass is 10.2. The largest absolute Gasteiger partial charge is 0.313 e. The van der Waals surface area contributed by atoms with Crippen LogP contribution in [0.4, 0.5) is 0 Å². The smallest absolute Gasteiger partial charge is 0.249 e. The molecule has 0 bridgehead atoms. The van der Waals surface area contributed by atoms with Gasteiger partial charge in [-0.15, -0.1) is 4.99 Å². The highest BCUT2D eigenvalue weighted by Gasteiger charge is 2.11. The van der Waals surface area contributed by atoms with E-state index in [4.69, 9.17) is 0 Å². The number of aliphatic imine (C=N–C) groups is 1. The van der Waals surface area contributed by atoms with E-state index in [-0.39, 0.29) is 0 Å². The van der Waals surface area contributed by atoms with Gasteiger partial charge in [0.15, 0.2) is 0 Å². The molecule has 1 aliphatic rings. The summed E-state index contributed by atoms with van der Waals surface area (Å²) in [6.45, 7) is 1.09. The van der Waals surface area contributed by atoms with Crippen molar-refractivity contribution in [2.24, 2.45) is 4.99 Å². The number of rotatable bonds is 1. The third-order valence-electron chi connectivity index (χ3n) is 1.69. The molecular formula is C8H10N2O. The van der Waals surface area contributed by atoms with Crippen molar-refractivity contribution in [2.45, 2.75) is 25.3 Å². The van der Waals surface area contributed by atoms with Crippen LogP contribution in [0, 0.1) is 12.0 Å².